The van der Waals surface area contributed by atoms with Gasteiger partial charge in [0.1, 0.15) is 0 Å². The first-order valence-corrected chi connectivity index (χ1v) is 19.8. The van der Waals surface area contributed by atoms with Gasteiger partial charge in [-0.05, 0) is 50.2 Å². The summed E-state index contributed by atoms with van der Waals surface area (Å²) in [7, 11) is 0. The summed E-state index contributed by atoms with van der Waals surface area (Å²) in [6.07, 6.45) is 19.9. The summed E-state index contributed by atoms with van der Waals surface area (Å²) in [6, 6.07) is 14.2. The lowest BCUT2D eigenvalue weighted by atomic mass is 10.1. The molecule has 2 aliphatic heterocycles. The number of hydrogen-bond donors (Lipinski definition) is 0. The number of carbonyl (C=O) groups excluding carboxylic acids is 4. The van der Waals surface area contributed by atoms with Gasteiger partial charge < -0.3 is 9.80 Å². The molecule has 0 N–H and O–H groups in total. The van der Waals surface area contributed by atoms with Crippen LogP contribution < -0.4 is 0 Å². The number of hydrogen-bond acceptors (Lipinski definition) is 6. The average molecular weight is 687 g/mol. The van der Waals surface area contributed by atoms with Crippen LogP contribution in [0.2, 0.25) is 0 Å². The Bertz CT molecular complexity index is 1200. The van der Waals surface area contributed by atoms with E-state index in [1.165, 1.54) is 99.7 Å². The third kappa shape index (κ3) is 11.6. The van der Waals surface area contributed by atoms with E-state index in [9.17, 15) is 19.2 Å². The number of unbranched alkanes of at least 4 members (excludes halogenated alkanes) is 14. The highest BCUT2D eigenvalue weighted by atomic mass is 16.2. The minimum Gasteiger partial charge on any atom is -0.300 e. The molecule has 274 valence electrons. The first-order valence-electron chi connectivity index (χ1n) is 19.8. The van der Waals surface area contributed by atoms with Crippen LogP contribution in [0.5, 0.6) is 0 Å². The molecule has 2 aromatic rings. The predicted molar refractivity (Wildman–Crippen MR) is 202 cm³/mol. The van der Waals surface area contributed by atoms with E-state index < -0.39 is 0 Å². The van der Waals surface area contributed by atoms with Crippen LogP contribution in [0.3, 0.4) is 0 Å². The van der Waals surface area contributed by atoms with Crippen LogP contribution in [0.4, 0.5) is 0 Å². The van der Waals surface area contributed by atoms with Crippen molar-refractivity contribution in [1.82, 2.24) is 19.6 Å². The smallest absolute Gasteiger partial charge is 0.261 e. The van der Waals surface area contributed by atoms with Crippen LogP contribution in [0, 0.1) is 0 Å². The summed E-state index contributed by atoms with van der Waals surface area (Å²) in [5.41, 5.74) is 1.99. The fourth-order valence-corrected chi connectivity index (χ4v) is 7.26. The standard InChI is InChI=1S/C42H62N4O4/c1-3-5-7-9-11-13-15-21-27-43(31-33-45-39(47)35-23-17-18-24-36(35)40(45)48)29-30-44(28-22-16-14-12-10-8-6-4-2)32-34-46-41(49)37-25-19-20-26-38(37)42(46)50/h17-20,23-26H,3-16,21-22,27-34H2,1-2H3. The number of amides is 4. The zero-order valence-electron chi connectivity index (χ0n) is 31.0. The highest BCUT2D eigenvalue weighted by Gasteiger charge is 2.36. The molecule has 0 saturated heterocycles. The summed E-state index contributed by atoms with van der Waals surface area (Å²) in [4.78, 5) is 60.0. The van der Waals surface area contributed by atoms with E-state index in [4.69, 9.17) is 0 Å². The molecule has 2 aromatic carbocycles. The van der Waals surface area contributed by atoms with Gasteiger partial charge in [0.05, 0.1) is 22.3 Å². The van der Waals surface area contributed by atoms with E-state index in [-0.39, 0.29) is 23.6 Å². The Labute approximate surface area is 301 Å². The van der Waals surface area contributed by atoms with Gasteiger partial charge in [0.25, 0.3) is 23.6 Å². The van der Waals surface area contributed by atoms with E-state index in [0.29, 0.717) is 48.4 Å². The van der Waals surface area contributed by atoms with E-state index in [1.54, 1.807) is 24.3 Å². The molecule has 0 spiro atoms. The van der Waals surface area contributed by atoms with Crippen molar-refractivity contribution in [3.63, 3.8) is 0 Å². The zero-order chi connectivity index (χ0) is 35.6. The normalized spacial score (nSPS) is 14.2. The van der Waals surface area contributed by atoms with Crippen molar-refractivity contribution in [1.29, 1.82) is 0 Å². The number of benzene rings is 2. The molecule has 4 rings (SSSR count). The summed E-state index contributed by atoms with van der Waals surface area (Å²) in [5.74, 6) is -0.797. The SMILES string of the molecule is CCCCCCCCCCN(CCN(CCCCCCCCCC)CCN1C(=O)c2ccccc2C1=O)CCN1C(=O)c2ccccc2C1=O. The molecule has 0 saturated carbocycles. The number of carbonyl (C=O) groups is 4. The minimum atomic E-state index is -0.199. The molecule has 50 heavy (non-hydrogen) atoms. The molecular formula is C42H62N4O4. The maximum Gasteiger partial charge on any atom is 0.261 e. The highest BCUT2D eigenvalue weighted by molar-refractivity contribution is 6.22. The number of nitrogens with zero attached hydrogens (tertiary/aromatic N) is 4. The Balaban J connectivity index is 1.34. The summed E-state index contributed by atoms with van der Waals surface area (Å²) in [6.45, 7) is 9.95. The Hall–Kier alpha value is -3.36. The third-order valence-corrected chi connectivity index (χ3v) is 10.4. The van der Waals surface area contributed by atoms with Crippen molar-refractivity contribution in [2.45, 2.75) is 117 Å². The molecule has 0 bridgehead atoms. The molecule has 0 atom stereocenters. The van der Waals surface area contributed by atoms with Gasteiger partial charge in [-0.3, -0.25) is 29.0 Å². The fourth-order valence-electron chi connectivity index (χ4n) is 7.26. The molecule has 8 nitrogen and oxygen atoms in total. The van der Waals surface area contributed by atoms with Crippen molar-refractivity contribution in [3.8, 4) is 0 Å². The Morgan fingerprint density at radius 1 is 0.380 bits per heavy atom. The highest BCUT2D eigenvalue weighted by Crippen LogP contribution is 2.23. The number of rotatable bonds is 27. The molecule has 2 heterocycles. The van der Waals surface area contributed by atoms with Gasteiger partial charge in [-0.2, -0.15) is 0 Å². The molecule has 2 aliphatic rings. The van der Waals surface area contributed by atoms with Gasteiger partial charge in [-0.1, -0.05) is 128 Å². The Morgan fingerprint density at radius 3 is 0.960 bits per heavy atom. The van der Waals surface area contributed by atoms with E-state index in [0.717, 1.165) is 39.0 Å². The Morgan fingerprint density at radius 2 is 0.660 bits per heavy atom. The maximum absolute atomic E-state index is 13.1. The molecule has 0 fully saturated rings. The second-order valence-corrected chi connectivity index (χ2v) is 14.2. The second kappa shape index (κ2) is 21.8. The second-order valence-electron chi connectivity index (χ2n) is 14.2. The van der Waals surface area contributed by atoms with Gasteiger partial charge in [0.15, 0.2) is 0 Å². The maximum atomic E-state index is 13.1. The number of imide groups is 2. The molecule has 8 heteroatoms. The summed E-state index contributed by atoms with van der Waals surface area (Å²) >= 11 is 0. The van der Waals surface area contributed by atoms with Crippen LogP contribution in [0.1, 0.15) is 158 Å². The van der Waals surface area contributed by atoms with Crippen LogP contribution in [-0.4, -0.2) is 95.6 Å². The molecular weight excluding hydrogens is 624 g/mol. The average Bonchev–Trinajstić information content (AvgIpc) is 3.53. The predicted octanol–water partition coefficient (Wildman–Crippen LogP) is 8.46. The van der Waals surface area contributed by atoms with E-state index in [2.05, 4.69) is 23.6 Å². The van der Waals surface area contributed by atoms with Crippen molar-refractivity contribution in [2.24, 2.45) is 0 Å². The third-order valence-electron chi connectivity index (χ3n) is 10.4. The van der Waals surface area contributed by atoms with Crippen LogP contribution in [-0.2, 0) is 0 Å². The molecule has 0 unspecified atom stereocenters. The van der Waals surface area contributed by atoms with Crippen molar-refractivity contribution in [3.05, 3.63) is 70.8 Å². The van der Waals surface area contributed by atoms with Gasteiger partial charge >= 0.3 is 0 Å². The van der Waals surface area contributed by atoms with Gasteiger partial charge in [0, 0.05) is 39.3 Å². The molecule has 4 amide bonds. The monoisotopic (exact) mass is 686 g/mol. The van der Waals surface area contributed by atoms with Gasteiger partial charge in [-0.15, -0.1) is 0 Å². The minimum absolute atomic E-state index is 0.199. The lowest BCUT2D eigenvalue weighted by Crippen LogP contribution is -2.44. The molecule has 0 radical (unpaired) electrons. The first kappa shape index (κ1) is 39.4. The van der Waals surface area contributed by atoms with E-state index >= 15 is 0 Å². The van der Waals surface area contributed by atoms with Crippen LogP contribution >= 0.6 is 0 Å². The lowest BCUT2D eigenvalue weighted by molar-refractivity contribution is 0.0606. The quantitative estimate of drug-likeness (QED) is 0.0693. The summed E-state index contributed by atoms with van der Waals surface area (Å²) < 4.78 is 0. The fraction of sp³-hybridized carbons (Fsp3) is 0.619. The van der Waals surface area contributed by atoms with E-state index in [1.807, 2.05) is 24.3 Å². The topological polar surface area (TPSA) is 81.2 Å². The zero-order valence-corrected chi connectivity index (χ0v) is 31.0. The largest absolute Gasteiger partial charge is 0.300 e. The van der Waals surface area contributed by atoms with Gasteiger partial charge in [-0.25, -0.2) is 0 Å². The molecule has 0 aliphatic carbocycles. The van der Waals surface area contributed by atoms with Crippen LogP contribution in [0.15, 0.2) is 48.5 Å². The summed E-state index contributed by atoms with van der Waals surface area (Å²) in [5, 5.41) is 0. The number of fused-ring (bicyclic) bond motifs is 2. The van der Waals surface area contributed by atoms with Gasteiger partial charge in [0.2, 0.25) is 0 Å². The van der Waals surface area contributed by atoms with Crippen molar-refractivity contribution in [2.75, 3.05) is 52.4 Å². The van der Waals surface area contributed by atoms with Crippen LogP contribution in [0.25, 0.3) is 0 Å². The lowest BCUT2D eigenvalue weighted by Gasteiger charge is -2.30. The molecule has 0 aromatic heterocycles. The first-order chi connectivity index (χ1) is 24.5. The van der Waals surface area contributed by atoms with Crippen molar-refractivity contribution < 1.29 is 19.2 Å². The Kier molecular flexibility index (Phi) is 17.2. The van der Waals surface area contributed by atoms with Crippen molar-refractivity contribution >= 4 is 23.6 Å².